The van der Waals surface area contributed by atoms with Crippen molar-refractivity contribution in [2.45, 2.75) is 33.1 Å². The molecule has 0 aromatic rings. The van der Waals surface area contributed by atoms with E-state index in [2.05, 4.69) is 13.8 Å². The molecule has 2 rings (SSSR count). The van der Waals surface area contributed by atoms with Crippen molar-refractivity contribution in [2.24, 2.45) is 28.4 Å². The fraction of sp³-hybridized carbons (Fsp3) is 0.909. The Kier molecular flexibility index (Phi) is 1.94. The monoisotopic (exact) mass is 197 g/mol. The van der Waals surface area contributed by atoms with E-state index in [4.69, 9.17) is 10.8 Å². The lowest BCUT2D eigenvalue weighted by Gasteiger charge is -2.31. The van der Waals surface area contributed by atoms with Crippen LogP contribution in [0.1, 0.15) is 33.1 Å². The van der Waals surface area contributed by atoms with Gasteiger partial charge < -0.3 is 10.8 Å². The third-order valence-electron chi connectivity index (χ3n) is 4.57. The second-order valence-corrected chi connectivity index (χ2v) is 5.58. The summed E-state index contributed by atoms with van der Waals surface area (Å²) < 4.78 is 0. The first-order valence-electron chi connectivity index (χ1n) is 5.36. The van der Waals surface area contributed by atoms with Crippen LogP contribution in [-0.4, -0.2) is 17.6 Å². The van der Waals surface area contributed by atoms with Gasteiger partial charge in [-0.15, -0.1) is 0 Å². The van der Waals surface area contributed by atoms with Crippen molar-refractivity contribution in [2.75, 3.05) is 6.54 Å². The minimum Gasteiger partial charge on any atom is -0.481 e. The first kappa shape index (κ1) is 9.97. The molecule has 0 aromatic heterocycles. The molecule has 2 aliphatic carbocycles. The number of carbonyl (C=O) groups is 1. The standard InChI is InChI=1S/C11H19NO2/c1-10(2)7-3-4-11(6-12,9(7)10)5-8(13)14/h7,9H,3-6,12H2,1-2H3,(H,13,14)/t7-,9+,11+/m0/s1. The topological polar surface area (TPSA) is 63.3 Å². The molecule has 0 radical (unpaired) electrons. The molecule has 0 saturated heterocycles. The summed E-state index contributed by atoms with van der Waals surface area (Å²) in [4.78, 5) is 10.8. The molecule has 2 saturated carbocycles. The molecule has 0 spiro atoms. The molecule has 3 heteroatoms. The van der Waals surface area contributed by atoms with Crippen LogP contribution in [0.25, 0.3) is 0 Å². The number of aliphatic carboxylic acids is 1. The Hall–Kier alpha value is -0.570. The van der Waals surface area contributed by atoms with Crippen molar-refractivity contribution in [3.05, 3.63) is 0 Å². The Morgan fingerprint density at radius 1 is 1.57 bits per heavy atom. The van der Waals surface area contributed by atoms with Crippen LogP contribution in [0.2, 0.25) is 0 Å². The van der Waals surface area contributed by atoms with Gasteiger partial charge in [-0.05, 0) is 42.1 Å². The van der Waals surface area contributed by atoms with Crippen molar-refractivity contribution in [3.8, 4) is 0 Å². The molecule has 2 fully saturated rings. The largest absolute Gasteiger partial charge is 0.481 e. The van der Waals surface area contributed by atoms with E-state index in [-0.39, 0.29) is 11.8 Å². The molecule has 3 atom stereocenters. The highest BCUT2D eigenvalue weighted by atomic mass is 16.4. The molecule has 80 valence electrons. The lowest BCUT2D eigenvalue weighted by atomic mass is 9.75. The molecule has 0 bridgehead atoms. The Balaban J connectivity index is 2.18. The molecule has 0 unspecified atom stereocenters. The predicted octanol–water partition coefficient (Wildman–Crippen LogP) is 1.47. The predicted molar refractivity (Wildman–Crippen MR) is 53.7 cm³/mol. The average molecular weight is 197 g/mol. The lowest BCUT2D eigenvalue weighted by Crippen LogP contribution is -2.35. The molecule has 14 heavy (non-hydrogen) atoms. The van der Waals surface area contributed by atoms with Crippen molar-refractivity contribution < 1.29 is 9.90 Å². The first-order valence-corrected chi connectivity index (χ1v) is 5.36. The van der Waals surface area contributed by atoms with Crippen LogP contribution in [0.5, 0.6) is 0 Å². The molecule has 2 aliphatic rings. The number of carboxylic acid groups (broad SMARTS) is 1. The van der Waals surface area contributed by atoms with Crippen molar-refractivity contribution >= 4 is 5.97 Å². The third-order valence-corrected chi connectivity index (χ3v) is 4.57. The number of nitrogens with two attached hydrogens (primary N) is 1. The van der Waals surface area contributed by atoms with Gasteiger partial charge in [0, 0.05) is 0 Å². The van der Waals surface area contributed by atoms with Gasteiger partial charge in [0.25, 0.3) is 0 Å². The second-order valence-electron chi connectivity index (χ2n) is 5.58. The van der Waals surface area contributed by atoms with Crippen molar-refractivity contribution in [1.29, 1.82) is 0 Å². The molecule has 0 aromatic carbocycles. The maximum Gasteiger partial charge on any atom is 0.303 e. The van der Waals surface area contributed by atoms with Crippen molar-refractivity contribution in [3.63, 3.8) is 0 Å². The molecule has 3 N–H and O–H groups in total. The fourth-order valence-corrected chi connectivity index (χ4v) is 3.90. The van der Waals surface area contributed by atoms with Gasteiger partial charge in [0.2, 0.25) is 0 Å². The third kappa shape index (κ3) is 1.11. The van der Waals surface area contributed by atoms with Crippen LogP contribution < -0.4 is 5.73 Å². The van der Waals surface area contributed by atoms with Crippen LogP contribution in [0.3, 0.4) is 0 Å². The van der Waals surface area contributed by atoms with E-state index in [1.54, 1.807) is 0 Å². The van der Waals surface area contributed by atoms with E-state index >= 15 is 0 Å². The number of carboxylic acids is 1. The molecular weight excluding hydrogens is 178 g/mol. The lowest BCUT2D eigenvalue weighted by molar-refractivity contribution is -0.140. The minimum atomic E-state index is -0.696. The summed E-state index contributed by atoms with van der Waals surface area (Å²) in [5.41, 5.74) is 6.04. The molecule has 3 nitrogen and oxygen atoms in total. The highest BCUT2D eigenvalue weighted by Crippen LogP contribution is 2.74. The summed E-state index contributed by atoms with van der Waals surface area (Å²) in [6.45, 7) is 5.02. The SMILES string of the molecule is CC1(C)[C@H]2[C@@H]1CC[C@]2(CN)CC(=O)O. The molecule has 0 aliphatic heterocycles. The zero-order valence-corrected chi connectivity index (χ0v) is 8.92. The summed E-state index contributed by atoms with van der Waals surface area (Å²) in [5.74, 6) is 0.584. The zero-order valence-electron chi connectivity index (χ0n) is 8.92. The first-order chi connectivity index (χ1) is 6.44. The summed E-state index contributed by atoms with van der Waals surface area (Å²) in [5, 5.41) is 8.92. The van der Waals surface area contributed by atoms with Crippen LogP contribution in [0, 0.1) is 22.7 Å². The number of rotatable bonds is 3. The van der Waals surface area contributed by atoms with E-state index in [1.165, 1.54) is 6.42 Å². The number of hydrogen-bond acceptors (Lipinski definition) is 2. The van der Waals surface area contributed by atoms with Gasteiger partial charge in [0.1, 0.15) is 0 Å². The summed E-state index contributed by atoms with van der Waals surface area (Å²) in [6, 6.07) is 0. The molecule has 0 heterocycles. The van der Waals surface area contributed by atoms with Crippen molar-refractivity contribution in [1.82, 2.24) is 0 Å². The normalized spacial score (nSPS) is 43.4. The summed E-state index contributed by atoms with van der Waals surface area (Å²) >= 11 is 0. The van der Waals surface area contributed by atoms with Gasteiger partial charge in [-0.1, -0.05) is 13.8 Å². The van der Waals surface area contributed by atoms with Gasteiger partial charge in [0.05, 0.1) is 6.42 Å². The Morgan fingerprint density at radius 2 is 2.21 bits per heavy atom. The van der Waals surface area contributed by atoms with E-state index in [0.29, 0.717) is 17.9 Å². The maximum atomic E-state index is 10.8. The number of hydrogen-bond donors (Lipinski definition) is 2. The fourth-order valence-electron chi connectivity index (χ4n) is 3.90. The summed E-state index contributed by atoms with van der Waals surface area (Å²) in [7, 11) is 0. The van der Waals surface area contributed by atoms with Gasteiger partial charge >= 0.3 is 5.97 Å². The van der Waals surface area contributed by atoms with E-state index in [1.807, 2.05) is 0 Å². The maximum absolute atomic E-state index is 10.8. The Labute approximate surface area is 84.7 Å². The van der Waals surface area contributed by atoms with Gasteiger partial charge in [-0.3, -0.25) is 4.79 Å². The Bertz CT molecular complexity index is 274. The molecular formula is C11H19NO2. The summed E-state index contributed by atoms with van der Waals surface area (Å²) in [6.07, 6.45) is 2.44. The zero-order chi connectivity index (χ0) is 10.6. The van der Waals surface area contributed by atoms with Gasteiger partial charge in [-0.25, -0.2) is 0 Å². The highest BCUT2D eigenvalue weighted by molar-refractivity contribution is 5.68. The van der Waals surface area contributed by atoms with E-state index in [0.717, 1.165) is 12.3 Å². The highest BCUT2D eigenvalue weighted by Gasteiger charge is 2.69. The quantitative estimate of drug-likeness (QED) is 0.720. The Morgan fingerprint density at radius 3 is 2.57 bits per heavy atom. The van der Waals surface area contributed by atoms with Gasteiger partial charge in [0.15, 0.2) is 0 Å². The van der Waals surface area contributed by atoms with Crippen LogP contribution in [0.4, 0.5) is 0 Å². The van der Waals surface area contributed by atoms with E-state index < -0.39 is 5.97 Å². The molecule has 0 amide bonds. The second kappa shape index (κ2) is 2.72. The average Bonchev–Trinajstić information content (AvgIpc) is 2.48. The van der Waals surface area contributed by atoms with Crippen LogP contribution >= 0.6 is 0 Å². The van der Waals surface area contributed by atoms with Crippen LogP contribution in [0.15, 0.2) is 0 Å². The van der Waals surface area contributed by atoms with Gasteiger partial charge in [-0.2, -0.15) is 0 Å². The smallest absolute Gasteiger partial charge is 0.303 e. The van der Waals surface area contributed by atoms with Crippen LogP contribution in [-0.2, 0) is 4.79 Å². The minimum absolute atomic E-state index is 0.0972. The van der Waals surface area contributed by atoms with E-state index in [9.17, 15) is 4.79 Å². The number of fused-ring (bicyclic) bond motifs is 1.